The largest absolute Gasteiger partial charge is 0.471 e. The Balaban J connectivity index is 1.78. The van der Waals surface area contributed by atoms with Gasteiger partial charge in [0.25, 0.3) is 0 Å². The number of benzene rings is 2. The standard InChI is InChI=1S/C18H10F6N2O2/c19-17(20,21)13-4-2-1-3-12(13)14(27)9-10-5-7-11(8-6-10)15-25-16(28-26-15)18(22,23)24/h1-8H,9H2. The van der Waals surface area contributed by atoms with Crippen LogP contribution in [-0.2, 0) is 18.8 Å². The van der Waals surface area contributed by atoms with Crippen LogP contribution in [0.2, 0.25) is 0 Å². The summed E-state index contributed by atoms with van der Waals surface area (Å²) in [6, 6.07) is 9.93. The van der Waals surface area contributed by atoms with E-state index in [1.165, 1.54) is 36.4 Å². The zero-order valence-corrected chi connectivity index (χ0v) is 13.8. The lowest BCUT2D eigenvalue weighted by Crippen LogP contribution is -2.14. The van der Waals surface area contributed by atoms with Crippen LogP contribution in [0, 0.1) is 0 Å². The predicted octanol–water partition coefficient (Wildman–Crippen LogP) is 5.20. The molecule has 0 unspecified atom stereocenters. The molecule has 0 radical (unpaired) electrons. The first kappa shape index (κ1) is 19.6. The van der Waals surface area contributed by atoms with E-state index < -0.39 is 35.2 Å². The van der Waals surface area contributed by atoms with Crippen molar-refractivity contribution in [3.05, 3.63) is 71.1 Å². The molecule has 28 heavy (non-hydrogen) atoms. The van der Waals surface area contributed by atoms with E-state index in [-0.39, 0.29) is 17.8 Å². The zero-order chi connectivity index (χ0) is 20.5. The Kier molecular flexibility index (Phi) is 4.97. The fraction of sp³-hybridized carbons (Fsp3) is 0.167. The van der Waals surface area contributed by atoms with E-state index in [9.17, 15) is 31.1 Å². The minimum absolute atomic E-state index is 0.200. The summed E-state index contributed by atoms with van der Waals surface area (Å²) < 4.78 is 80.7. The number of rotatable bonds is 4. The second kappa shape index (κ2) is 7.10. The van der Waals surface area contributed by atoms with Gasteiger partial charge in [0.1, 0.15) is 0 Å². The van der Waals surface area contributed by atoms with Crippen LogP contribution in [0.5, 0.6) is 0 Å². The van der Waals surface area contributed by atoms with E-state index in [4.69, 9.17) is 0 Å². The maximum Gasteiger partial charge on any atom is 0.471 e. The molecular weight excluding hydrogens is 390 g/mol. The van der Waals surface area contributed by atoms with Crippen LogP contribution < -0.4 is 0 Å². The van der Waals surface area contributed by atoms with Crippen LogP contribution >= 0.6 is 0 Å². The van der Waals surface area contributed by atoms with Crippen LogP contribution in [-0.4, -0.2) is 15.9 Å². The van der Waals surface area contributed by atoms with Crippen molar-refractivity contribution in [2.75, 3.05) is 0 Å². The van der Waals surface area contributed by atoms with Crippen molar-refractivity contribution in [1.29, 1.82) is 0 Å². The highest BCUT2D eigenvalue weighted by atomic mass is 19.4. The molecule has 0 aliphatic heterocycles. The van der Waals surface area contributed by atoms with Crippen LogP contribution in [0.3, 0.4) is 0 Å². The van der Waals surface area contributed by atoms with Gasteiger partial charge in [-0.1, -0.05) is 47.6 Å². The van der Waals surface area contributed by atoms with Crippen molar-refractivity contribution in [3.63, 3.8) is 0 Å². The van der Waals surface area contributed by atoms with Crippen LogP contribution in [0.25, 0.3) is 11.4 Å². The maximum atomic E-state index is 13.0. The van der Waals surface area contributed by atoms with E-state index in [1.807, 2.05) is 0 Å². The third-order valence-corrected chi connectivity index (χ3v) is 3.78. The predicted molar refractivity (Wildman–Crippen MR) is 84.2 cm³/mol. The Labute approximate surface area is 153 Å². The fourth-order valence-electron chi connectivity index (χ4n) is 2.48. The molecule has 0 N–H and O–H groups in total. The van der Waals surface area contributed by atoms with Gasteiger partial charge in [0.05, 0.1) is 5.56 Å². The summed E-state index contributed by atoms with van der Waals surface area (Å²) in [6.07, 6.45) is -9.75. The molecule has 0 amide bonds. The molecule has 10 heteroatoms. The fourth-order valence-corrected chi connectivity index (χ4v) is 2.48. The Hall–Kier alpha value is -3.17. The normalized spacial score (nSPS) is 12.2. The van der Waals surface area contributed by atoms with Gasteiger partial charge in [0, 0.05) is 17.5 Å². The molecule has 1 aromatic heterocycles. The van der Waals surface area contributed by atoms with Crippen molar-refractivity contribution < 1.29 is 35.7 Å². The molecule has 3 rings (SSSR count). The number of hydrogen-bond acceptors (Lipinski definition) is 4. The Morgan fingerprint density at radius 3 is 2.11 bits per heavy atom. The quantitative estimate of drug-likeness (QED) is 0.446. The number of carbonyl (C=O) groups is 1. The molecule has 146 valence electrons. The lowest BCUT2D eigenvalue weighted by atomic mass is 9.97. The summed E-state index contributed by atoms with van der Waals surface area (Å²) in [4.78, 5) is 15.5. The topological polar surface area (TPSA) is 56.0 Å². The van der Waals surface area contributed by atoms with E-state index >= 15 is 0 Å². The minimum atomic E-state index is -4.77. The first-order valence-corrected chi connectivity index (χ1v) is 7.75. The zero-order valence-electron chi connectivity index (χ0n) is 13.8. The molecule has 1 heterocycles. The van der Waals surface area contributed by atoms with Gasteiger partial charge < -0.3 is 4.52 Å². The maximum absolute atomic E-state index is 13.0. The summed E-state index contributed by atoms with van der Waals surface area (Å²) in [7, 11) is 0. The first-order chi connectivity index (χ1) is 13.1. The van der Waals surface area contributed by atoms with E-state index in [0.717, 1.165) is 12.1 Å². The highest BCUT2D eigenvalue weighted by molar-refractivity contribution is 5.99. The molecule has 0 aliphatic carbocycles. The van der Waals surface area contributed by atoms with Gasteiger partial charge in [-0.05, 0) is 11.6 Å². The molecule has 0 bridgehead atoms. The number of nitrogens with zero attached hydrogens (tertiary/aromatic N) is 2. The highest BCUT2D eigenvalue weighted by Gasteiger charge is 2.38. The molecule has 2 aromatic carbocycles. The average molecular weight is 400 g/mol. The molecule has 0 saturated carbocycles. The third kappa shape index (κ3) is 4.21. The van der Waals surface area contributed by atoms with Gasteiger partial charge >= 0.3 is 18.2 Å². The van der Waals surface area contributed by atoms with Crippen LogP contribution in [0.15, 0.2) is 53.1 Å². The van der Waals surface area contributed by atoms with E-state index in [2.05, 4.69) is 14.7 Å². The van der Waals surface area contributed by atoms with Crippen molar-refractivity contribution in [3.8, 4) is 11.4 Å². The van der Waals surface area contributed by atoms with Crippen LogP contribution in [0.4, 0.5) is 26.3 Å². The summed E-state index contributed by atoms with van der Waals surface area (Å²) in [5, 5.41) is 3.23. The lowest BCUT2D eigenvalue weighted by molar-refractivity contribution is -0.159. The van der Waals surface area contributed by atoms with Crippen molar-refractivity contribution in [1.82, 2.24) is 10.1 Å². The van der Waals surface area contributed by atoms with Gasteiger partial charge in [0.15, 0.2) is 5.78 Å². The van der Waals surface area contributed by atoms with Gasteiger partial charge in [-0.2, -0.15) is 31.3 Å². The highest BCUT2D eigenvalue weighted by Crippen LogP contribution is 2.33. The van der Waals surface area contributed by atoms with E-state index in [0.29, 0.717) is 5.56 Å². The molecule has 0 fully saturated rings. The van der Waals surface area contributed by atoms with Gasteiger partial charge in [-0.15, -0.1) is 0 Å². The smallest absolute Gasteiger partial charge is 0.329 e. The van der Waals surface area contributed by atoms with Gasteiger partial charge in [-0.3, -0.25) is 4.79 Å². The summed E-state index contributed by atoms with van der Waals surface area (Å²) in [6.45, 7) is 0. The number of halogens is 6. The molecular formula is C18H10F6N2O2. The minimum Gasteiger partial charge on any atom is -0.329 e. The number of alkyl halides is 6. The number of aromatic nitrogens is 2. The van der Waals surface area contributed by atoms with E-state index in [1.54, 1.807) is 0 Å². The Bertz CT molecular complexity index is 990. The number of carbonyl (C=O) groups excluding carboxylic acids is 1. The molecule has 0 saturated heterocycles. The Morgan fingerprint density at radius 2 is 1.54 bits per heavy atom. The lowest BCUT2D eigenvalue weighted by Gasteiger charge is -2.11. The molecule has 0 spiro atoms. The number of ketones is 1. The third-order valence-electron chi connectivity index (χ3n) is 3.78. The number of hydrogen-bond donors (Lipinski definition) is 0. The summed E-state index contributed by atoms with van der Waals surface area (Å²) in [5.41, 5.74) is -0.897. The van der Waals surface area contributed by atoms with Gasteiger partial charge in [-0.25, -0.2) is 0 Å². The molecule has 4 nitrogen and oxygen atoms in total. The molecule has 3 aromatic rings. The second-order valence-corrected chi connectivity index (χ2v) is 5.76. The molecule has 0 atom stereocenters. The number of Topliss-reactive ketones (excluding diaryl/α,β-unsaturated/α-hetero) is 1. The SMILES string of the molecule is O=C(Cc1ccc(-c2noc(C(F)(F)F)n2)cc1)c1ccccc1C(F)(F)F. The summed E-state index contributed by atoms with van der Waals surface area (Å²) >= 11 is 0. The monoisotopic (exact) mass is 400 g/mol. The first-order valence-electron chi connectivity index (χ1n) is 7.75. The van der Waals surface area contributed by atoms with Gasteiger partial charge in [0.2, 0.25) is 5.82 Å². The van der Waals surface area contributed by atoms with Crippen molar-refractivity contribution in [2.45, 2.75) is 18.8 Å². The second-order valence-electron chi connectivity index (χ2n) is 5.76. The van der Waals surface area contributed by atoms with Crippen molar-refractivity contribution in [2.24, 2.45) is 0 Å². The Morgan fingerprint density at radius 1 is 0.893 bits per heavy atom. The van der Waals surface area contributed by atoms with Crippen LogP contribution in [0.1, 0.15) is 27.4 Å². The average Bonchev–Trinajstić information content (AvgIpc) is 3.12. The summed E-state index contributed by atoms with van der Waals surface area (Å²) in [5.74, 6) is -2.53. The van der Waals surface area contributed by atoms with Crippen molar-refractivity contribution >= 4 is 5.78 Å². The molecule has 0 aliphatic rings.